The van der Waals surface area contributed by atoms with Crippen LogP contribution in [-0.4, -0.2) is 16.2 Å². The molecule has 0 spiro atoms. The van der Waals surface area contributed by atoms with Crippen molar-refractivity contribution in [2.45, 2.75) is 38.8 Å². The van der Waals surface area contributed by atoms with Crippen molar-refractivity contribution in [3.05, 3.63) is 0 Å². The maximum absolute atomic E-state index is 11.6. The van der Waals surface area contributed by atoms with Crippen molar-refractivity contribution in [2.75, 3.05) is 6.16 Å². The summed E-state index contributed by atoms with van der Waals surface area (Å²) in [6.07, 6.45) is 1.13. The lowest BCUT2D eigenvalue weighted by atomic mass is 10.1. The van der Waals surface area contributed by atoms with Gasteiger partial charge >= 0.3 is 0 Å². The molecule has 0 aliphatic heterocycles. The van der Waals surface area contributed by atoms with Gasteiger partial charge in [0, 0.05) is 12.6 Å². The van der Waals surface area contributed by atoms with Crippen LogP contribution in [0.25, 0.3) is 0 Å². The first-order chi connectivity index (χ1) is 5.37. The predicted molar refractivity (Wildman–Crippen MR) is 49.3 cm³/mol. The summed E-state index contributed by atoms with van der Waals surface area (Å²) in [5.74, 6) is 0. The normalized spacial score (nSPS) is 16.6. The number of nitrogens with zero attached hydrogens (tertiary/aromatic N) is 1. The largest absolute Gasteiger partial charge is 0.344 e. The van der Waals surface area contributed by atoms with Gasteiger partial charge in [-0.2, -0.15) is 5.26 Å². The quantitative estimate of drug-likeness (QED) is 0.690. The Bertz CT molecular complexity index is 230. The van der Waals surface area contributed by atoms with E-state index in [1.54, 1.807) is 13.8 Å². The molecular formula is C8H16NO2P. The van der Waals surface area contributed by atoms with Gasteiger partial charge < -0.3 is 4.89 Å². The molecule has 1 unspecified atom stereocenters. The van der Waals surface area contributed by atoms with Gasteiger partial charge in [0.25, 0.3) is 0 Å². The van der Waals surface area contributed by atoms with Gasteiger partial charge in [0.2, 0.25) is 7.37 Å². The summed E-state index contributed by atoms with van der Waals surface area (Å²) in [5, 5.41) is 7.70. The molecule has 0 saturated heterocycles. The van der Waals surface area contributed by atoms with Gasteiger partial charge in [-0.25, -0.2) is 0 Å². The highest BCUT2D eigenvalue weighted by Crippen LogP contribution is 2.55. The lowest BCUT2D eigenvalue weighted by molar-refractivity contribution is 0.437. The zero-order valence-electron chi connectivity index (χ0n) is 7.87. The summed E-state index contributed by atoms with van der Waals surface area (Å²) in [7, 11) is -3.13. The van der Waals surface area contributed by atoms with Gasteiger partial charge in [-0.1, -0.05) is 6.92 Å². The van der Waals surface area contributed by atoms with E-state index < -0.39 is 12.5 Å². The van der Waals surface area contributed by atoms with Crippen molar-refractivity contribution in [2.24, 2.45) is 0 Å². The highest BCUT2D eigenvalue weighted by Gasteiger charge is 2.37. The average molecular weight is 189 g/mol. The van der Waals surface area contributed by atoms with Crippen LogP contribution in [0.2, 0.25) is 0 Å². The first kappa shape index (κ1) is 11.7. The summed E-state index contributed by atoms with van der Waals surface area (Å²) < 4.78 is 11.6. The van der Waals surface area contributed by atoms with E-state index in [2.05, 4.69) is 0 Å². The highest BCUT2D eigenvalue weighted by atomic mass is 31.2. The number of hydrogen-bond acceptors (Lipinski definition) is 2. The van der Waals surface area contributed by atoms with Crippen LogP contribution in [0.3, 0.4) is 0 Å². The first-order valence-electron chi connectivity index (χ1n) is 4.06. The van der Waals surface area contributed by atoms with Crippen LogP contribution < -0.4 is 0 Å². The Balaban J connectivity index is 4.53. The van der Waals surface area contributed by atoms with Gasteiger partial charge in [0.15, 0.2) is 0 Å². The Morgan fingerprint density at radius 3 is 2.42 bits per heavy atom. The molecule has 0 amide bonds. The minimum absolute atomic E-state index is 0.140. The Morgan fingerprint density at radius 1 is 1.58 bits per heavy atom. The van der Waals surface area contributed by atoms with Crippen molar-refractivity contribution in [1.29, 1.82) is 5.26 Å². The van der Waals surface area contributed by atoms with Gasteiger partial charge in [-0.05, 0) is 20.3 Å². The fourth-order valence-electron chi connectivity index (χ4n) is 0.923. The zero-order valence-corrected chi connectivity index (χ0v) is 8.77. The molecule has 0 fully saturated rings. The molecule has 0 aromatic carbocycles. The Hall–Kier alpha value is -0.320. The van der Waals surface area contributed by atoms with Gasteiger partial charge in [-0.15, -0.1) is 0 Å². The first-order valence-corrected chi connectivity index (χ1v) is 5.91. The van der Waals surface area contributed by atoms with Gasteiger partial charge in [-0.3, -0.25) is 4.57 Å². The van der Waals surface area contributed by atoms with Crippen LogP contribution >= 0.6 is 7.37 Å². The topological polar surface area (TPSA) is 61.1 Å². The van der Waals surface area contributed by atoms with Crippen molar-refractivity contribution in [1.82, 2.24) is 0 Å². The molecule has 0 bridgehead atoms. The molecule has 0 heterocycles. The van der Waals surface area contributed by atoms with Crippen molar-refractivity contribution >= 4 is 7.37 Å². The number of hydrogen-bond donors (Lipinski definition) is 1. The lowest BCUT2D eigenvalue weighted by Crippen LogP contribution is -2.20. The van der Waals surface area contributed by atoms with E-state index in [9.17, 15) is 9.46 Å². The summed E-state index contributed by atoms with van der Waals surface area (Å²) in [5.41, 5.74) is 0. The number of rotatable bonds is 4. The van der Waals surface area contributed by atoms with Crippen LogP contribution in [0.15, 0.2) is 0 Å². The summed E-state index contributed by atoms with van der Waals surface area (Å²) in [4.78, 5) is 9.58. The Kier molecular flexibility index (Phi) is 3.96. The van der Waals surface area contributed by atoms with E-state index >= 15 is 0 Å². The predicted octanol–water partition coefficient (Wildman–Crippen LogP) is 2.36. The van der Waals surface area contributed by atoms with Crippen LogP contribution in [0.5, 0.6) is 0 Å². The summed E-state index contributed by atoms with van der Waals surface area (Å²) in [6.45, 7) is 5.21. The third kappa shape index (κ3) is 2.62. The van der Waals surface area contributed by atoms with Crippen molar-refractivity contribution in [3.8, 4) is 6.07 Å². The van der Waals surface area contributed by atoms with E-state index in [4.69, 9.17) is 5.26 Å². The SMILES string of the molecule is CCCP(=O)(O)C(C)(C)CC#N. The standard InChI is InChI=1S/C8H16NO2P/c1-4-7-12(10,11)8(2,3)5-6-9/h4-5,7H2,1-3H3,(H,10,11). The van der Waals surface area contributed by atoms with Crippen LogP contribution in [-0.2, 0) is 4.57 Å². The Morgan fingerprint density at radius 2 is 2.08 bits per heavy atom. The highest BCUT2D eigenvalue weighted by molar-refractivity contribution is 7.59. The minimum Gasteiger partial charge on any atom is -0.344 e. The smallest absolute Gasteiger partial charge is 0.207 e. The molecule has 12 heavy (non-hydrogen) atoms. The monoisotopic (exact) mass is 189 g/mol. The molecule has 0 radical (unpaired) electrons. The average Bonchev–Trinajstić information content (AvgIpc) is 1.86. The zero-order chi connectivity index (χ0) is 9.83. The second-order valence-corrected chi connectivity index (χ2v) is 6.63. The van der Waals surface area contributed by atoms with Crippen LogP contribution in [0.1, 0.15) is 33.6 Å². The minimum atomic E-state index is -3.13. The van der Waals surface area contributed by atoms with E-state index in [-0.39, 0.29) is 6.42 Å². The second-order valence-electron chi connectivity index (χ2n) is 3.57. The van der Waals surface area contributed by atoms with Crippen molar-refractivity contribution in [3.63, 3.8) is 0 Å². The summed E-state index contributed by atoms with van der Waals surface area (Å²) >= 11 is 0. The molecule has 0 rings (SSSR count). The maximum atomic E-state index is 11.6. The third-order valence-electron chi connectivity index (χ3n) is 1.98. The molecule has 0 aromatic heterocycles. The number of nitriles is 1. The van der Waals surface area contributed by atoms with Crippen molar-refractivity contribution < 1.29 is 9.46 Å². The molecule has 70 valence electrons. The third-order valence-corrected chi connectivity index (χ3v) is 5.09. The molecule has 0 saturated carbocycles. The van der Waals surface area contributed by atoms with E-state index in [0.29, 0.717) is 12.6 Å². The maximum Gasteiger partial charge on any atom is 0.207 e. The van der Waals surface area contributed by atoms with Crippen LogP contribution in [0, 0.1) is 11.3 Å². The molecule has 1 atom stereocenters. The Labute approximate surface area is 73.9 Å². The van der Waals surface area contributed by atoms with E-state index in [0.717, 1.165) is 0 Å². The molecule has 0 aliphatic carbocycles. The molecule has 0 aromatic rings. The fraction of sp³-hybridized carbons (Fsp3) is 0.875. The fourth-order valence-corrected chi connectivity index (χ4v) is 2.45. The molecule has 3 nitrogen and oxygen atoms in total. The molecular weight excluding hydrogens is 173 g/mol. The molecule has 0 aliphatic rings. The summed E-state index contributed by atoms with van der Waals surface area (Å²) in [6, 6.07) is 1.94. The van der Waals surface area contributed by atoms with Gasteiger partial charge in [0.05, 0.1) is 11.2 Å². The van der Waals surface area contributed by atoms with E-state index in [1.807, 2.05) is 13.0 Å². The van der Waals surface area contributed by atoms with E-state index in [1.165, 1.54) is 0 Å². The second kappa shape index (κ2) is 4.07. The lowest BCUT2D eigenvalue weighted by Gasteiger charge is -2.27. The van der Waals surface area contributed by atoms with Gasteiger partial charge in [0.1, 0.15) is 0 Å². The molecule has 4 heteroatoms. The molecule has 1 N–H and O–H groups in total. The van der Waals surface area contributed by atoms with Crippen LogP contribution in [0.4, 0.5) is 0 Å².